The van der Waals surface area contributed by atoms with Crippen molar-refractivity contribution in [3.8, 4) is 0 Å². The van der Waals surface area contributed by atoms with E-state index in [4.69, 9.17) is 5.90 Å². The lowest BCUT2D eigenvalue weighted by atomic mass is 10.2. The largest absolute Gasteiger partial charge is 0.312 e. The first-order valence-corrected chi connectivity index (χ1v) is 6.22. The quantitative estimate of drug-likeness (QED) is 0.802. The average molecular weight is 244 g/mol. The van der Waals surface area contributed by atoms with Gasteiger partial charge in [0.25, 0.3) is 0 Å². The van der Waals surface area contributed by atoms with Gasteiger partial charge in [0.15, 0.2) is 0 Å². The van der Waals surface area contributed by atoms with E-state index in [1.807, 2.05) is 6.92 Å². The number of hydrogen-bond donors (Lipinski definition) is 1. The van der Waals surface area contributed by atoms with Crippen LogP contribution in [-0.4, -0.2) is 12.8 Å². The maximum Gasteiger partial charge on any atom is 0.312 e. The Hall–Kier alpha value is -1.02. The number of fused-ring (bicyclic) bond motifs is 1. The molecule has 0 radical (unpaired) electrons. The highest BCUT2D eigenvalue weighted by Gasteiger charge is 2.15. The number of rotatable bonds is 2. The zero-order valence-electron chi connectivity index (χ0n) is 7.80. The maximum absolute atomic E-state index is 11.3. The Labute approximate surface area is 90.7 Å². The van der Waals surface area contributed by atoms with Gasteiger partial charge in [-0.2, -0.15) is 23.0 Å². The minimum absolute atomic E-state index is 0.0424. The molecule has 1 aromatic heterocycles. The van der Waals surface area contributed by atoms with Gasteiger partial charge in [0.05, 0.1) is 10.4 Å². The lowest BCUT2D eigenvalue weighted by Crippen LogP contribution is -2.10. The number of aromatic nitrogens is 1. The Morgan fingerprint density at radius 1 is 1.47 bits per heavy atom. The fraction of sp³-hybridized carbons (Fsp3) is 0.125. The summed E-state index contributed by atoms with van der Waals surface area (Å²) < 4.78 is 30.7. The van der Waals surface area contributed by atoms with Crippen LogP contribution in [0.1, 0.15) is 4.88 Å². The van der Waals surface area contributed by atoms with Crippen LogP contribution in [0.25, 0.3) is 10.9 Å². The van der Waals surface area contributed by atoms with Crippen LogP contribution < -0.4 is 5.90 Å². The van der Waals surface area contributed by atoms with E-state index in [9.17, 15) is 8.42 Å². The molecule has 2 N–H and O–H groups in total. The smallest absolute Gasteiger partial charge is 0.197 e. The Bertz CT molecular complexity index is 603. The molecule has 0 fully saturated rings. The molecular weight excluding hydrogens is 236 g/mol. The van der Waals surface area contributed by atoms with Crippen molar-refractivity contribution in [1.29, 1.82) is 0 Å². The third-order valence-corrected chi connectivity index (χ3v) is 3.91. The minimum atomic E-state index is -3.83. The molecule has 0 spiro atoms. The van der Waals surface area contributed by atoms with Crippen molar-refractivity contribution in [2.24, 2.45) is 5.90 Å². The summed E-state index contributed by atoms with van der Waals surface area (Å²) in [4.78, 5) is 1.000. The van der Waals surface area contributed by atoms with Crippen LogP contribution in [0.3, 0.4) is 0 Å². The third kappa shape index (κ3) is 1.74. The summed E-state index contributed by atoms with van der Waals surface area (Å²) in [6, 6.07) is 4.56. The Morgan fingerprint density at radius 3 is 2.87 bits per heavy atom. The molecule has 80 valence electrons. The molecule has 2 aromatic rings. The van der Waals surface area contributed by atoms with Crippen molar-refractivity contribution in [2.75, 3.05) is 0 Å². The van der Waals surface area contributed by atoms with Crippen LogP contribution >= 0.6 is 11.5 Å². The molecule has 0 unspecified atom stereocenters. The summed E-state index contributed by atoms with van der Waals surface area (Å²) in [6.45, 7) is 1.87. The molecule has 0 saturated heterocycles. The third-order valence-electron chi connectivity index (χ3n) is 2.04. The van der Waals surface area contributed by atoms with Gasteiger partial charge in [-0.05, 0) is 36.7 Å². The zero-order chi connectivity index (χ0) is 11.1. The van der Waals surface area contributed by atoms with Crippen LogP contribution in [0.4, 0.5) is 0 Å². The maximum atomic E-state index is 11.3. The van der Waals surface area contributed by atoms with E-state index < -0.39 is 10.1 Å². The van der Waals surface area contributed by atoms with Crippen LogP contribution in [0.15, 0.2) is 23.1 Å². The second-order valence-corrected chi connectivity index (χ2v) is 5.52. The molecule has 0 amide bonds. The molecule has 5 nitrogen and oxygen atoms in total. The number of hydrogen-bond acceptors (Lipinski definition) is 6. The fourth-order valence-corrected chi connectivity index (χ4v) is 2.52. The monoisotopic (exact) mass is 244 g/mol. The van der Waals surface area contributed by atoms with E-state index >= 15 is 0 Å². The summed E-state index contributed by atoms with van der Waals surface area (Å²) in [7, 11) is -3.83. The topological polar surface area (TPSA) is 82.3 Å². The molecule has 0 atom stereocenters. The van der Waals surface area contributed by atoms with Crippen LogP contribution in [0.5, 0.6) is 0 Å². The molecule has 0 bridgehead atoms. The van der Waals surface area contributed by atoms with Crippen molar-refractivity contribution in [3.05, 3.63) is 23.1 Å². The summed E-state index contributed by atoms with van der Waals surface area (Å²) in [6.07, 6.45) is 0. The minimum Gasteiger partial charge on any atom is -0.197 e. The van der Waals surface area contributed by atoms with E-state index in [-0.39, 0.29) is 4.90 Å². The molecular formula is C8H8N2O3S2. The SMILES string of the molecule is Cc1snc2ccc(S(=O)(=O)ON)cc12. The van der Waals surface area contributed by atoms with E-state index in [2.05, 4.69) is 8.66 Å². The van der Waals surface area contributed by atoms with Gasteiger partial charge in [-0.25, -0.2) is 0 Å². The highest BCUT2D eigenvalue weighted by atomic mass is 32.2. The highest BCUT2D eigenvalue weighted by molar-refractivity contribution is 7.86. The summed E-state index contributed by atoms with van der Waals surface area (Å²) in [5.74, 6) is 4.69. The van der Waals surface area contributed by atoms with Gasteiger partial charge in [-0.1, -0.05) is 0 Å². The Balaban J connectivity index is 2.70. The fourth-order valence-electron chi connectivity index (χ4n) is 1.25. The number of nitrogens with zero attached hydrogens (tertiary/aromatic N) is 1. The summed E-state index contributed by atoms with van der Waals surface area (Å²) >= 11 is 1.33. The first-order chi connectivity index (χ1) is 7.04. The van der Waals surface area contributed by atoms with Gasteiger partial charge in [-0.3, -0.25) is 0 Å². The highest BCUT2D eigenvalue weighted by Crippen LogP contribution is 2.24. The molecule has 15 heavy (non-hydrogen) atoms. The van der Waals surface area contributed by atoms with E-state index in [1.54, 1.807) is 6.07 Å². The van der Waals surface area contributed by atoms with Gasteiger partial charge in [0.1, 0.15) is 0 Å². The summed E-state index contributed by atoms with van der Waals surface area (Å²) in [5.41, 5.74) is 0.772. The van der Waals surface area contributed by atoms with Crippen molar-refractivity contribution in [2.45, 2.75) is 11.8 Å². The molecule has 0 aliphatic rings. The van der Waals surface area contributed by atoms with Crippen LogP contribution in [-0.2, 0) is 14.4 Å². The summed E-state index contributed by atoms with van der Waals surface area (Å²) in [5, 5.41) is 0.804. The van der Waals surface area contributed by atoms with Gasteiger partial charge < -0.3 is 0 Å². The molecule has 0 aliphatic carbocycles. The predicted molar refractivity (Wildman–Crippen MR) is 56.8 cm³/mol. The van der Waals surface area contributed by atoms with E-state index in [1.165, 1.54) is 23.7 Å². The first-order valence-electron chi connectivity index (χ1n) is 4.04. The number of aryl methyl sites for hydroxylation is 1. The Kier molecular flexibility index (Phi) is 2.47. The van der Waals surface area contributed by atoms with Crippen molar-refractivity contribution < 1.29 is 12.7 Å². The zero-order valence-corrected chi connectivity index (χ0v) is 9.43. The van der Waals surface area contributed by atoms with E-state index in [0.717, 1.165) is 15.8 Å². The molecule has 1 aromatic carbocycles. The first kappa shape index (κ1) is 10.5. The second kappa shape index (κ2) is 3.53. The standard InChI is InChI=1S/C8H8N2O3S2/c1-5-7-4-6(15(11,12)13-9)2-3-8(7)10-14-5/h2-4H,9H2,1H3. The molecule has 7 heteroatoms. The molecule has 0 saturated carbocycles. The predicted octanol–water partition coefficient (Wildman–Crippen LogP) is 1.18. The van der Waals surface area contributed by atoms with Gasteiger partial charge in [-0.15, -0.1) is 0 Å². The normalized spacial score (nSPS) is 12.1. The van der Waals surface area contributed by atoms with Crippen molar-refractivity contribution in [3.63, 3.8) is 0 Å². The van der Waals surface area contributed by atoms with E-state index in [0.29, 0.717) is 0 Å². The molecule has 1 heterocycles. The molecule has 2 rings (SSSR count). The molecule has 0 aliphatic heterocycles. The van der Waals surface area contributed by atoms with Crippen molar-refractivity contribution in [1.82, 2.24) is 4.37 Å². The van der Waals surface area contributed by atoms with Crippen molar-refractivity contribution >= 4 is 32.6 Å². The van der Waals surface area contributed by atoms with Gasteiger partial charge in [0, 0.05) is 10.3 Å². The lowest BCUT2D eigenvalue weighted by Gasteiger charge is -2.00. The second-order valence-electron chi connectivity index (χ2n) is 2.97. The van der Waals surface area contributed by atoms with Gasteiger partial charge >= 0.3 is 10.1 Å². The number of nitrogens with two attached hydrogens (primary N) is 1. The lowest BCUT2D eigenvalue weighted by molar-refractivity contribution is 0.333. The van der Waals surface area contributed by atoms with Crippen LogP contribution in [0.2, 0.25) is 0 Å². The Morgan fingerprint density at radius 2 is 2.20 bits per heavy atom. The van der Waals surface area contributed by atoms with Crippen LogP contribution in [0, 0.1) is 6.92 Å². The number of benzene rings is 1. The van der Waals surface area contributed by atoms with Gasteiger partial charge in [0.2, 0.25) is 0 Å². The average Bonchev–Trinajstić information content (AvgIpc) is 2.60.